The van der Waals surface area contributed by atoms with E-state index in [1.807, 2.05) is 37.2 Å². The lowest BCUT2D eigenvalue weighted by Gasteiger charge is -2.35. The highest BCUT2D eigenvalue weighted by atomic mass is 19.4. The molecule has 1 aliphatic rings. The Morgan fingerprint density at radius 3 is 2.36 bits per heavy atom. The largest absolute Gasteiger partial charge is 0.573 e. The van der Waals surface area contributed by atoms with E-state index in [4.69, 9.17) is 0 Å². The van der Waals surface area contributed by atoms with E-state index in [9.17, 15) is 13.2 Å². The number of benzene rings is 1. The first-order valence-electron chi connectivity index (χ1n) is 10.4. The average Bonchev–Trinajstić information content (AvgIpc) is 2.79. The van der Waals surface area contributed by atoms with E-state index in [1.54, 1.807) is 18.3 Å². The fraction of sp³-hybridized carbons (Fsp3) is 0.318. The molecule has 33 heavy (non-hydrogen) atoms. The Morgan fingerprint density at radius 1 is 0.939 bits per heavy atom. The third-order valence-electron chi connectivity index (χ3n) is 5.03. The van der Waals surface area contributed by atoms with Crippen LogP contribution in [0, 0.1) is 0 Å². The summed E-state index contributed by atoms with van der Waals surface area (Å²) >= 11 is 0. The van der Waals surface area contributed by atoms with Crippen molar-refractivity contribution in [2.24, 2.45) is 0 Å². The minimum atomic E-state index is -4.75. The van der Waals surface area contributed by atoms with E-state index < -0.39 is 6.36 Å². The maximum atomic E-state index is 12.6. The van der Waals surface area contributed by atoms with Gasteiger partial charge >= 0.3 is 6.36 Å². The first-order valence-corrected chi connectivity index (χ1v) is 10.4. The number of halogens is 3. The highest BCUT2D eigenvalue weighted by molar-refractivity contribution is 5.63. The Kier molecular flexibility index (Phi) is 6.38. The summed E-state index contributed by atoms with van der Waals surface area (Å²) in [7, 11) is 3.74. The molecule has 0 radical (unpaired) electrons. The fourth-order valence-corrected chi connectivity index (χ4v) is 3.45. The number of hydrogen-bond acceptors (Lipinski definition) is 8. The summed E-state index contributed by atoms with van der Waals surface area (Å²) in [6.07, 6.45) is -2.98. The molecule has 0 amide bonds. The first-order chi connectivity index (χ1) is 15.8. The number of rotatable bonds is 6. The number of anilines is 5. The third-order valence-corrected chi connectivity index (χ3v) is 5.03. The van der Waals surface area contributed by atoms with Gasteiger partial charge in [-0.25, -0.2) is 4.98 Å². The predicted octanol–water partition coefficient (Wildman–Crippen LogP) is 3.91. The van der Waals surface area contributed by atoms with Crippen LogP contribution in [0.5, 0.6) is 5.75 Å². The van der Waals surface area contributed by atoms with Gasteiger partial charge in [0.2, 0.25) is 5.95 Å². The number of alkyl halides is 3. The minimum absolute atomic E-state index is 0.305. The van der Waals surface area contributed by atoms with E-state index in [0.29, 0.717) is 36.4 Å². The van der Waals surface area contributed by atoms with Crippen LogP contribution in [0.4, 0.5) is 42.3 Å². The Morgan fingerprint density at radius 2 is 1.70 bits per heavy atom. The second-order valence-corrected chi connectivity index (χ2v) is 7.67. The molecule has 0 aliphatic carbocycles. The normalized spacial score (nSPS) is 14.2. The van der Waals surface area contributed by atoms with Crippen molar-refractivity contribution in [3.63, 3.8) is 0 Å². The van der Waals surface area contributed by atoms with Crippen molar-refractivity contribution in [2.75, 3.05) is 60.3 Å². The Labute approximate surface area is 189 Å². The molecule has 174 valence electrons. The van der Waals surface area contributed by atoms with E-state index in [1.165, 1.54) is 18.2 Å². The highest BCUT2D eigenvalue weighted by Crippen LogP contribution is 2.28. The molecule has 0 unspecified atom stereocenters. The molecule has 0 bridgehead atoms. The molecule has 11 heteroatoms. The van der Waals surface area contributed by atoms with Gasteiger partial charge < -0.3 is 24.8 Å². The molecule has 1 saturated heterocycles. The lowest BCUT2D eigenvalue weighted by molar-refractivity contribution is -0.274. The van der Waals surface area contributed by atoms with Crippen molar-refractivity contribution in [1.82, 2.24) is 15.0 Å². The Hall–Kier alpha value is -3.76. The number of ether oxygens (including phenoxy) is 1. The van der Waals surface area contributed by atoms with Crippen molar-refractivity contribution in [2.45, 2.75) is 6.36 Å². The molecule has 1 N–H and O–H groups in total. The van der Waals surface area contributed by atoms with Gasteiger partial charge in [-0.15, -0.1) is 13.2 Å². The van der Waals surface area contributed by atoms with Crippen LogP contribution in [0.2, 0.25) is 0 Å². The summed E-state index contributed by atoms with van der Waals surface area (Å²) < 4.78 is 41.7. The second kappa shape index (κ2) is 9.39. The molecule has 3 heterocycles. The zero-order valence-electron chi connectivity index (χ0n) is 18.3. The number of nitrogens with zero attached hydrogens (tertiary/aromatic N) is 6. The van der Waals surface area contributed by atoms with E-state index in [-0.39, 0.29) is 5.75 Å². The van der Waals surface area contributed by atoms with Gasteiger partial charge in [0.1, 0.15) is 23.2 Å². The maximum absolute atomic E-state index is 12.6. The molecule has 0 atom stereocenters. The lowest BCUT2D eigenvalue weighted by Crippen LogP contribution is -2.47. The van der Waals surface area contributed by atoms with Crippen LogP contribution in [-0.2, 0) is 0 Å². The van der Waals surface area contributed by atoms with Gasteiger partial charge in [0.15, 0.2) is 0 Å². The standard InChI is InChI=1S/C22H24F3N7O/c1-30(2)20-15-18(27-16-6-5-7-17(14-16)33-22(23,24)25)28-21(29-20)32-12-10-31(11-13-32)19-8-3-4-9-26-19/h3-9,14-15H,10-13H2,1-2H3,(H,27,28,29). The Bertz CT molecular complexity index is 1070. The van der Waals surface area contributed by atoms with Gasteiger partial charge in [-0.05, 0) is 24.3 Å². The molecule has 1 fully saturated rings. The van der Waals surface area contributed by atoms with Crippen LogP contribution in [0.25, 0.3) is 0 Å². The van der Waals surface area contributed by atoms with Gasteiger partial charge in [-0.1, -0.05) is 12.1 Å². The van der Waals surface area contributed by atoms with Crippen molar-refractivity contribution >= 4 is 29.1 Å². The third kappa shape index (κ3) is 5.93. The molecule has 4 rings (SSSR count). The first kappa shape index (κ1) is 22.4. The molecule has 3 aromatic rings. The van der Waals surface area contributed by atoms with Crippen LogP contribution in [-0.4, -0.2) is 61.6 Å². The molecular formula is C22H24F3N7O. The number of pyridine rings is 1. The van der Waals surface area contributed by atoms with Gasteiger partial charge in [0.05, 0.1) is 0 Å². The lowest BCUT2D eigenvalue weighted by atomic mass is 10.3. The number of piperazine rings is 1. The molecule has 1 aromatic carbocycles. The van der Waals surface area contributed by atoms with Crippen LogP contribution in [0.15, 0.2) is 54.7 Å². The van der Waals surface area contributed by atoms with E-state index in [0.717, 1.165) is 18.9 Å². The van der Waals surface area contributed by atoms with Gasteiger partial charge in [0, 0.05) is 64.3 Å². The minimum Gasteiger partial charge on any atom is -0.406 e. The quantitative estimate of drug-likeness (QED) is 0.595. The summed E-state index contributed by atoms with van der Waals surface area (Å²) in [5.41, 5.74) is 0.422. The molecule has 0 saturated carbocycles. The molecule has 2 aromatic heterocycles. The SMILES string of the molecule is CN(C)c1cc(Nc2cccc(OC(F)(F)F)c2)nc(N2CCN(c3ccccn3)CC2)n1. The number of nitrogens with one attached hydrogen (secondary N) is 1. The van der Waals surface area contributed by atoms with Crippen molar-refractivity contribution in [1.29, 1.82) is 0 Å². The van der Waals surface area contributed by atoms with E-state index >= 15 is 0 Å². The summed E-state index contributed by atoms with van der Waals surface area (Å²) in [6.45, 7) is 2.96. The van der Waals surface area contributed by atoms with Crippen LogP contribution in [0.1, 0.15) is 0 Å². The summed E-state index contributed by atoms with van der Waals surface area (Å²) in [4.78, 5) is 19.8. The molecule has 1 aliphatic heterocycles. The summed E-state index contributed by atoms with van der Waals surface area (Å²) in [5.74, 6) is 2.33. The Balaban J connectivity index is 1.51. The zero-order valence-corrected chi connectivity index (χ0v) is 18.3. The molecular weight excluding hydrogens is 435 g/mol. The van der Waals surface area contributed by atoms with Crippen LogP contribution in [0.3, 0.4) is 0 Å². The van der Waals surface area contributed by atoms with Crippen LogP contribution >= 0.6 is 0 Å². The van der Waals surface area contributed by atoms with E-state index in [2.05, 4.69) is 34.8 Å². The van der Waals surface area contributed by atoms with Crippen molar-refractivity contribution < 1.29 is 17.9 Å². The molecule has 8 nitrogen and oxygen atoms in total. The molecule has 0 spiro atoms. The topological polar surface area (TPSA) is 69.7 Å². The summed E-state index contributed by atoms with van der Waals surface area (Å²) in [6, 6.07) is 13.2. The zero-order chi connectivity index (χ0) is 23.4. The van der Waals surface area contributed by atoms with Gasteiger partial charge in [0.25, 0.3) is 0 Å². The van der Waals surface area contributed by atoms with Crippen LogP contribution < -0.4 is 24.8 Å². The van der Waals surface area contributed by atoms with Gasteiger partial charge in [-0.2, -0.15) is 9.97 Å². The average molecular weight is 459 g/mol. The highest BCUT2D eigenvalue weighted by Gasteiger charge is 2.31. The fourth-order valence-electron chi connectivity index (χ4n) is 3.45. The number of aromatic nitrogens is 3. The predicted molar refractivity (Wildman–Crippen MR) is 121 cm³/mol. The van der Waals surface area contributed by atoms with Crippen molar-refractivity contribution in [3.8, 4) is 5.75 Å². The maximum Gasteiger partial charge on any atom is 0.573 e. The number of hydrogen-bond donors (Lipinski definition) is 1. The monoisotopic (exact) mass is 459 g/mol. The smallest absolute Gasteiger partial charge is 0.406 e. The summed E-state index contributed by atoms with van der Waals surface area (Å²) in [5, 5.41) is 3.07. The van der Waals surface area contributed by atoms with Gasteiger partial charge in [-0.3, -0.25) is 0 Å². The van der Waals surface area contributed by atoms with Crippen molar-refractivity contribution in [3.05, 3.63) is 54.7 Å². The second-order valence-electron chi connectivity index (χ2n) is 7.67.